The fraction of sp³-hybridized carbons (Fsp3) is 0.250. The van der Waals surface area contributed by atoms with Crippen LogP contribution in [0, 0.1) is 3.57 Å². The van der Waals surface area contributed by atoms with E-state index in [1.54, 1.807) is 0 Å². The van der Waals surface area contributed by atoms with Crippen molar-refractivity contribution in [2.45, 2.75) is 13.3 Å². The highest BCUT2D eigenvalue weighted by molar-refractivity contribution is 14.1. The molecule has 1 nitrogen and oxygen atoms in total. The molecule has 0 amide bonds. The minimum absolute atomic E-state index is 0.792. The lowest BCUT2D eigenvalue weighted by molar-refractivity contribution is 0.151. The first-order valence-electron chi connectivity index (χ1n) is 6.22. The van der Waals surface area contributed by atoms with Crippen molar-refractivity contribution in [1.29, 1.82) is 0 Å². The van der Waals surface area contributed by atoms with E-state index in [1.165, 1.54) is 20.3 Å². The second-order valence-corrected chi connectivity index (χ2v) is 5.40. The molecule has 0 atom stereocenters. The van der Waals surface area contributed by atoms with Crippen LogP contribution in [0.1, 0.15) is 12.5 Å². The summed E-state index contributed by atoms with van der Waals surface area (Å²) >= 11 is 2.33. The summed E-state index contributed by atoms with van der Waals surface area (Å²) in [5.41, 5.74) is 3.87. The van der Waals surface area contributed by atoms with Crippen LogP contribution in [-0.2, 0) is 11.2 Å². The predicted molar refractivity (Wildman–Crippen MR) is 84.8 cm³/mol. The second kappa shape index (κ2) is 6.90. The van der Waals surface area contributed by atoms with Crippen molar-refractivity contribution in [2.75, 3.05) is 13.2 Å². The Bertz CT molecular complexity index is 473. The molecule has 0 saturated heterocycles. The number of benzene rings is 2. The molecule has 0 aromatic heterocycles. The molecule has 0 aliphatic rings. The zero-order valence-corrected chi connectivity index (χ0v) is 12.7. The topological polar surface area (TPSA) is 9.23 Å². The lowest BCUT2D eigenvalue weighted by atomic mass is 10.0. The summed E-state index contributed by atoms with van der Waals surface area (Å²) in [6.45, 7) is 3.62. The zero-order chi connectivity index (χ0) is 12.8. The minimum Gasteiger partial charge on any atom is -0.381 e. The highest BCUT2D eigenvalue weighted by atomic mass is 127. The molecule has 0 saturated carbocycles. The third-order valence-electron chi connectivity index (χ3n) is 2.87. The lowest BCUT2D eigenvalue weighted by Crippen LogP contribution is -1.97. The first-order valence-corrected chi connectivity index (χ1v) is 7.30. The maximum atomic E-state index is 5.36. The Morgan fingerprint density at radius 3 is 2.00 bits per heavy atom. The summed E-state index contributed by atoms with van der Waals surface area (Å²) in [6.07, 6.45) is 0.987. The largest absolute Gasteiger partial charge is 0.381 e. The van der Waals surface area contributed by atoms with Crippen LogP contribution < -0.4 is 0 Å². The van der Waals surface area contributed by atoms with Gasteiger partial charge in [0.05, 0.1) is 6.61 Å². The molecule has 0 unspecified atom stereocenters. The van der Waals surface area contributed by atoms with Gasteiger partial charge < -0.3 is 4.74 Å². The Hall–Kier alpha value is -0.870. The van der Waals surface area contributed by atoms with Gasteiger partial charge in [0.1, 0.15) is 0 Å². The Morgan fingerprint density at radius 1 is 0.889 bits per heavy atom. The third kappa shape index (κ3) is 3.82. The summed E-state index contributed by atoms with van der Waals surface area (Å²) in [6, 6.07) is 17.3. The number of halogens is 1. The van der Waals surface area contributed by atoms with Crippen molar-refractivity contribution in [2.24, 2.45) is 0 Å². The van der Waals surface area contributed by atoms with E-state index in [-0.39, 0.29) is 0 Å². The first kappa shape index (κ1) is 13.6. The molecule has 0 fully saturated rings. The second-order valence-electron chi connectivity index (χ2n) is 4.15. The van der Waals surface area contributed by atoms with E-state index in [2.05, 4.69) is 71.1 Å². The van der Waals surface area contributed by atoms with Gasteiger partial charge in [-0.25, -0.2) is 0 Å². The number of hydrogen-bond donors (Lipinski definition) is 0. The van der Waals surface area contributed by atoms with Crippen molar-refractivity contribution in [3.05, 3.63) is 57.7 Å². The molecule has 0 heterocycles. The van der Waals surface area contributed by atoms with Crippen LogP contribution in [0.15, 0.2) is 48.5 Å². The van der Waals surface area contributed by atoms with Crippen molar-refractivity contribution >= 4 is 22.6 Å². The predicted octanol–water partition coefficient (Wildman–Crippen LogP) is 4.54. The van der Waals surface area contributed by atoms with Crippen LogP contribution in [-0.4, -0.2) is 13.2 Å². The normalized spacial score (nSPS) is 10.6. The fourth-order valence-corrected chi connectivity index (χ4v) is 2.20. The molecule has 0 N–H and O–H groups in total. The van der Waals surface area contributed by atoms with Crippen molar-refractivity contribution in [3.63, 3.8) is 0 Å². The Labute approximate surface area is 122 Å². The maximum Gasteiger partial charge on any atom is 0.0506 e. The molecular weight excluding hydrogens is 335 g/mol. The van der Waals surface area contributed by atoms with Crippen molar-refractivity contribution < 1.29 is 4.74 Å². The molecule has 2 aromatic carbocycles. The molecular formula is C16H17IO. The zero-order valence-electron chi connectivity index (χ0n) is 10.5. The Balaban J connectivity index is 2.05. The van der Waals surface area contributed by atoms with Gasteiger partial charge in [-0.05, 0) is 64.8 Å². The number of ether oxygens (including phenoxy) is 1. The van der Waals surface area contributed by atoms with E-state index in [0.717, 1.165) is 19.6 Å². The molecule has 94 valence electrons. The summed E-state index contributed by atoms with van der Waals surface area (Å²) in [4.78, 5) is 0. The molecule has 2 rings (SSSR count). The summed E-state index contributed by atoms with van der Waals surface area (Å²) in [5.74, 6) is 0. The molecule has 0 aliphatic heterocycles. The van der Waals surface area contributed by atoms with E-state index < -0.39 is 0 Å². The summed E-state index contributed by atoms with van der Waals surface area (Å²) < 4.78 is 6.63. The van der Waals surface area contributed by atoms with Crippen LogP contribution in [0.3, 0.4) is 0 Å². The van der Waals surface area contributed by atoms with Gasteiger partial charge in [-0.3, -0.25) is 0 Å². The minimum atomic E-state index is 0.792. The summed E-state index contributed by atoms with van der Waals surface area (Å²) in [7, 11) is 0. The van der Waals surface area contributed by atoms with E-state index in [1.807, 2.05) is 6.92 Å². The smallest absolute Gasteiger partial charge is 0.0506 e. The van der Waals surface area contributed by atoms with Gasteiger partial charge >= 0.3 is 0 Å². The molecule has 0 spiro atoms. The standard InChI is InChI=1S/C16H17IO/c1-2-18-12-11-13-3-5-14(6-4-13)15-7-9-16(17)10-8-15/h3-10H,2,11-12H2,1H3. The average molecular weight is 352 g/mol. The quantitative estimate of drug-likeness (QED) is 0.567. The van der Waals surface area contributed by atoms with Gasteiger partial charge in [-0.15, -0.1) is 0 Å². The molecule has 2 heteroatoms. The van der Waals surface area contributed by atoms with Gasteiger partial charge in [-0.1, -0.05) is 36.4 Å². The SMILES string of the molecule is CCOCCc1ccc(-c2ccc(I)cc2)cc1. The molecule has 18 heavy (non-hydrogen) atoms. The van der Waals surface area contributed by atoms with Crippen molar-refractivity contribution in [3.8, 4) is 11.1 Å². The molecule has 0 bridgehead atoms. The third-order valence-corrected chi connectivity index (χ3v) is 3.59. The van der Waals surface area contributed by atoms with Crippen LogP contribution >= 0.6 is 22.6 Å². The summed E-state index contributed by atoms with van der Waals surface area (Å²) in [5, 5.41) is 0. The fourth-order valence-electron chi connectivity index (χ4n) is 1.84. The number of hydrogen-bond acceptors (Lipinski definition) is 1. The average Bonchev–Trinajstić information content (AvgIpc) is 2.41. The van der Waals surface area contributed by atoms with Gasteiger partial charge in [0.25, 0.3) is 0 Å². The highest BCUT2D eigenvalue weighted by Gasteiger charge is 1.98. The van der Waals surface area contributed by atoms with Gasteiger partial charge in [0, 0.05) is 10.2 Å². The van der Waals surface area contributed by atoms with E-state index in [9.17, 15) is 0 Å². The van der Waals surface area contributed by atoms with Crippen LogP contribution in [0.4, 0.5) is 0 Å². The highest BCUT2D eigenvalue weighted by Crippen LogP contribution is 2.21. The maximum absolute atomic E-state index is 5.36. The van der Waals surface area contributed by atoms with Crippen LogP contribution in [0.5, 0.6) is 0 Å². The van der Waals surface area contributed by atoms with Crippen LogP contribution in [0.2, 0.25) is 0 Å². The molecule has 0 radical (unpaired) electrons. The van der Waals surface area contributed by atoms with Crippen LogP contribution in [0.25, 0.3) is 11.1 Å². The monoisotopic (exact) mass is 352 g/mol. The van der Waals surface area contributed by atoms with Gasteiger partial charge in [0.15, 0.2) is 0 Å². The molecule has 2 aromatic rings. The van der Waals surface area contributed by atoms with E-state index in [4.69, 9.17) is 4.74 Å². The van der Waals surface area contributed by atoms with Crippen molar-refractivity contribution in [1.82, 2.24) is 0 Å². The Morgan fingerprint density at radius 2 is 1.44 bits per heavy atom. The van der Waals surface area contributed by atoms with E-state index >= 15 is 0 Å². The molecule has 0 aliphatic carbocycles. The first-order chi connectivity index (χ1) is 8.79. The number of rotatable bonds is 5. The van der Waals surface area contributed by atoms with E-state index in [0.29, 0.717) is 0 Å². The lowest BCUT2D eigenvalue weighted by Gasteiger charge is -2.05. The van der Waals surface area contributed by atoms with Gasteiger partial charge in [-0.2, -0.15) is 0 Å². The van der Waals surface area contributed by atoms with Gasteiger partial charge in [0.2, 0.25) is 0 Å². The Kier molecular flexibility index (Phi) is 5.20.